The molecule has 1 N–H and O–H groups in total. The summed E-state index contributed by atoms with van der Waals surface area (Å²) in [5.41, 5.74) is 0.436. The number of halogens is 1. The summed E-state index contributed by atoms with van der Waals surface area (Å²) < 4.78 is 10.7. The van der Waals surface area contributed by atoms with Crippen LogP contribution in [0.5, 0.6) is 5.75 Å². The zero-order valence-corrected chi connectivity index (χ0v) is 11.3. The molecule has 1 aromatic heterocycles. The Hall–Kier alpha value is -2.45. The van der Waals surface area contributed by atoms with E-state index in [0.29, 0.717) is 27.9 Å². The highest BCUT2D eigenvalue weighted by Crippen LogP contribution is 2.24. The number of carboxylic acids is 1. The third-order valence-corrected chi connectivity index (χ3v) is 2.87. The molecule has 0 bridgehead atoms. The lowest BCUT2D eigenvalue weighted by molar-refractivity contribution is 0.0695. The first kappa shape index (κ1) is 14.0. The van der Waals surface area contributed by atoms with E-state index >= 15 is 0 Å². The lowest BCUT2D eigenvalue weighted by Gasteiger charge is -2.06. The average molecular weight is 292 g/mol. The maximum absolute atomic E-state index is 10.9. The van der Waals surface area contributed by atoms with Gasteiger partial charge in [-0.25, -0.2) is 4.79 Å². The van der Waals surface area contributed by atoms with E-state index in [-0.39, 0.29) is 12.2 Å². The molecule has 2 aromatic rings. The number of carbonyl (C=O) groups is 1. The Labute approximate surface area is 120 Å². The SMILES string of the molecule is Cc1oc(COc2cc(Cl)ccc2C#N)cc1C(=O)O. The highest BCUT2D eigenvalue weighted by molar-refractivity contribution is 6.30. The van der Waals surface area contributed by atoms with Gasteiger partial charge in [-0.1, -0.05) is 11.6 Å². The standard InChI is InChI=1S/C14H10ClNO4/c1-8-12(14(17)18)5-11(20-8)7-19-13-4-10(15)3-2-9(13)6-16/h2-5H,7H2,1H3,(H,17,18). The molecule has 0 atom stereocenters. The fraction of sp³-hybridized carbons (Fsp3) is 0.143. The second kappa shape index (κ2) is 5.68. The van der Waals surface area contributed by atoms with Crippen LogP contribution in [-0.2, 0) is 6.61 Å². The highest BCUT2D eigenvalue weighted by atomic mass is 35.5. The normalized spacial score (nSPS) is 10.1. The number of benzene rings is 1. The van der Waals surface area contributed by atoms with E-state index in [1.165, 1.54) is 12.1 Å². The second-order valence-electron chi connectivity index (χ2n) is 4.03. The number of carboxylic acid groups (broad SMARTS) is 1. The molecule has 0 fully saturated rings. The van der Waals surface area contributed by atoms with Crippen molar-refractivity contribution >= 4 is 17.6 Å². The van der Waals surface area contributed by atoms with Crippen LogP contribution >= 0.6 is 11.6 Å². The van der Waals surface area contributed by atoms with Crippen molar-refractivity contribution in [3.63, 3.8) is 0 Å². The van der Waals surface area contributed by atoms with Gasteiger partial charge in [0.1, 0.15) is 35.5 Å². The summed E-state index contributed by atoms with van der Waals surface area (Å²) in [5, 5.41) is 18.3. The summed E-state index contributed by atoms with van der Waals surface area (Å²) in [6, 6.07) is 8.04. The minimum absolute atomic E-state index is 0.0170. The van der Waals surface area contributed by atoms with Gasteiger partial charge in [0.05, 0.1) is 5.56 Å². The van der Waals surface area contributed by atoms with Gasteiger partial charge in [0.25, 0.3) is 0 Å². The van der Waals surface area contributed by atoms with E-state index < -0.39 is 5.97 Å². The van der Waals surface area contributed by atoms with Crippen molar-refractivity contribution in [3.8, 4) is 11.8 Å². The van der Waals surface area contributed by atoms with Crippen molar-refractivity contribution in [1.29, 1.82) is 5.26 Å². The summed E-state index contributed by atoms with van der Waals surface area (Å²) in [5.74, 6) is -0.0598. The van der Waals surface area contributed by atoms with Gasteiger partial charge in [0, 0.05) is 11.1 Å². The molecule has 5 nitrogen and oxygen atoms in total. The quantitative estimate of drug-likeness (QED) is 0.933. The third-order valence-electron chi connectivity index (χ3n) is 2.63. The van der Waals surface area contributed by atoms with Crippen molar-refractivity contribution in [2.45, 2.75) is 13.5 Å². The Morgan fingerprint density at radius 3 is 2.85 bits per heavy atom. The molecule has 0 radical (unpaired) electrons. The van der Waals surface area contributed by atoms with E-state index in [1.807, 2.05) is 6.07 Å². The van der Waals surface area contributed by atoms with E-state index in [1.54, 1.807) is 19.1 Å². The van der Waals surface area contributed by atoms with Crippen LogP contribution in [0.1, 0.15) is 27.4 Å². The monoisotopic (exact) mass is 291 g/mol. The van der Waals surface area contributed by atoms with Gasteiger partial charge in [-0.2, -0.15) is 5.26 Å². The number of hydrogen-bond acceptors (Lipinski definition) is 4. The van der Waals surface area contributed by atoms with E-state index in [2.05, 4.69) is 0 Å². The number of rotatable bonds is 4. The molecule has 0 aliphatic heterocycles. The summed E-state index contributed by atoms with van der Waals surface area (Å²) in [6.45, 7) is 1.58. The van der Waals surface area contributed by atoms with E-state index in [4.69, 9.17) is 31.1 Å². The zero-order valence-electron chi connectivity index (χ0n) is 10.5. The largest absolute Gasteiger partial charge is 0.484 e. The lowest BCUT2D eigenvalue weighted by Crippen LogP contribution is -1.97. The molecule has 20 heavy (non-hydrogen) atoms. The molecule has 0 saturated carbocycles. The Morgan fingerprint density at radius 1 is 1.50 bits per heavy atom. The van der Waals surface area contributed by atoms with Gasteiger partial charge in [-0.15, -0.1) is 0 Å². The Balaban J connectivity index is 2.17. The predicted molar refractivity (Wildman–Crippen MR) is 70.9 cm³/mol. The van der Waals surface area contributed by atoms with Gasteiger partial charge in [-0.3, -0.25) is 0 Å². The fourth-order valence-electron chi connectivity index (χ4n) is 1.68. The van der Waals surface area contributed by atoms with Crippen molar-refractivity contribution < 1.29 is 19.1 Å². The Kier molecular flexibility index (Phi) is 3.97. The Morgan fingerprint density at radius 2 is 2.25 bits per heavy atom. The summed E-state index contributed by atoms with van der Waals surface area (Å²) in [6.07, 6.45) is 0. The molecule has 0 amide bonds. The molecule has 6 heteroatoms. The Bertz CT molecular complexity index is 700. The van der Waals surface area contributed by atoms with E-state index in [9.17, 15) is 4.79 Å². The molecule has 102 valence electrons. The van der Waals surface area contributed by atoms with Crippen LogP contribution < -0.4 is 4.74 Å². The number of aromatic carboxylic acids is 1. The minimum Gasteiger partial charge on any atom is -0.484 e. The molecule has 1 aromatic carbocycles. The molecule has 0 spiro atoms. The first-order valence-electron chi connectivity index (χ1n) is 5.66. The van der Waals surface area contributed by atoms with Gasteiger partial charge >= 0.3 is 5.97 Å². The number of nitrogens with zero attached hydrogens (tertiary/aromatic N) is 1. The molecule has 1 heterocycles. The second-order valence-corrected chi connectivity index (χ2v) is 4.47. The van der Waals surface area contributed by atoms with Gasteiger partial charge in [0.15, 0.2) is 0 Å². The molecular formula is C14H10ClNO4. The molecular weight excluding hydrogens is 282 g/mol. The number of nitriles is 1. The number of ether oxygens (including phenoxy) is 1. The van der Waals surface area contributed by atoms with Crippen LogP contribution in [0.15, 0.2) is 28.7 Å². The van der Waals surface area contributed by atoms with Gasteiger partial charge in [-0.05, 0) is 25.1 Å². The summed E-state index contributed by atoms with van der Waals surface area (Å²) >= 11 is 5.84. The third kappa shape index (κ3) is 2.92. The van der Waals surface area contributed by atoms with Crippen LogP contribution in [0.25, 0.3) is 0 Å². The molecule has 0 aliphatic rings. The van der Waals surface area contributed by atoms with Crippen molar-refractivity contribution in [3.05, 3.63) is 51.9 Å². The van der Waals surface area contributed by atoms with Crippen LogP contribution in [0, 0.1) is 18.3 Å². The van der Waals surface area contributed by atoms with Crippen molar-refractivity contribution in [1.82, 2.24) is 0 Å². The summed E-state index contributed by atoms with van der Waals surface area (Å²) in [7, 11) is 0. The summed E-state index contributed by atoms with van der Waals surface area (Å²) in [4.78, 5) is 10.9. The zero-order chi connectivity index (χ0) is 14.7. The van der Waals surface area contributed by atoms with E-state index in [0.717, 1.165) is 0 Å². The topological polar surface area (TPSA) is 83.5 Å². The number of furan rings is 1. The smallest absolute Gasteiger partial charge is 0.339 e. The fourth-order valence-corrected chi connectivity index (χ4v) is 1.85. The molecule has 0 saturated heterocycles. The number of aryl methyl sites for hydroxylation is 1. The van der Waals surface area contributed by atoms with Crippen LogP contribution in [0.3, 0.4) is 0 Å². The average Bonchev–Trinajstić information content (AvgIpc) is 2.78. The van der Waals surface area contributed by atoms with Crippen LogP contribution in [0.4, 0.5) is 0 Å². The number of hydrogen-bond donors (Lipinski definition) is 1. The van der Waals surface area contributed by atoms with Crippen molar-refractivity contribution in [2.24, 2.45) is 0 Å². The molecule has 2 rings (SSSR count). The predicted octanol–water partition coefficient (Wildman–Crippen LogP) is 3.39. The van der Waals surface area contributed by atoms with Crippen LogP contribution in [0.2, 0.25) is 5.02 Å². The molecule has 0 unspecified atom stereocenters. The first-order chi connectivity index (χ1) is 9.51. The van der Waals surface area contributed by atoms with Gasteiger partial charge < -0.3 is 14.3 Å². The highest BCUT2D eigenvalue weighted by Gasteiger charge is 2.14. The maximum Gasteiger partial charge on any atom is 0.339 e. The minimum atomic E-state index is -1.06. The first-order valence-corrected chi connectivity index (χ1v) is 6.04. The molecule has 0 aliphatic carbocycles. The van der Waals surface area contributed by atoms with Crippen molar-refractivity contribution in [2.75, 3.05) is 0 Å². The lowest BCUT2D eigenvalue weighted by atomic mass is 10.2. The maximum atomic E-state index is 10.9. The van der Waals surface area contributed by atoms with Crippen LogP contribution in [-0.4, -0.2) is 11.1 Å². The van der Waals surface area contributed by atoms with Gasteiger partial charge in [0.2, 0.25) is 0 Å².